The number of hydrogen-bond acceptors (Lipinski definition) is 6. The predicted octanol–water partition coefficient (Wildman–Crippen LogP) is 0.972. The first-order chi connectivity index (χ1) is 12.5. The van der Waals surface area contributed by atoms with Crippen molar-refractivity contribution < 1.29 is 8.42 Å². The molecule has 1 unspecified atom stereocenters. The van der Waals surface area contributed by atoms with Crippen LogP contribution in [-0.4, -0.2) is 55.9 Å². The number of rotatable bonds is 4. The van der Waals surface area contributed by atoms with Crippen molar-refractivity contribution in [3.63, 3.8) is 0 Å². The summed E-state index contributed by atoms with van der Waals surface area (Å²) in [5.74, 6) is 1.03. The molecule has 3 aromatic rings. The van der Waals surface area contributed by atoms with Crippen LogP contribution < -0.4 is 0 Å². The number of benzene rings is 1. The van der Waals surface area contributed by atoms with Crippen LogP contribution in [0.5, 0.6) is 0 Å². The molecular weight excluding hydrogens is 352 g/mol. The summed E-state index contributed by atoms with van der Waals surface area (Å²) in [5, 5.41) is 8.52. The highest BCUT2D eigenvalue weighted by Gasteiger charge is 2.33. The van der Waals surface area contributed by atoms with E-state index in [2.05, 4.69) is 20.1 Å². The van der Waals surface area contributed by atoms with Crippen molar-refractivity contribution in [3.8, 4) is 5.69 Å². The molecule has 0 radical (unpaired) electrons. The van der Waals surface area contributed by atoms with E-state index in [9.17, 15) is 8.42 Å². The molecule has 1 aliphatic heterocycles. The summed E-state index contributed by atoms with van der Waals surface area (Å²) in [6.07, 6.45) is 5.14. The van der Waals surface area contributed by atoms with Crippen LogP contribution in [0.3, 0.4) is 0 Å². The molecule has 0 N–H and O–H groups in total. The molecule has 1 aliphatic rings. The zero-order chi connectivity index (χ0) is 18.1. The van der Waals surface area contributed by atoms with Crippen LogP contribution >= 0.6 is 0 Å². The highest BCUT2D eigenvalue weighted by atomic mass is 32.2. The average Bonchev–Trinajstić information content (AvgIpc) is 3.26. The van der Waals surface area contributed by atoms with Gasteiger partial charge in [-0.3, -0.25) is 9.58 Å². The van der Waals surface area contributed by atoms with Gasteiger partial charge < -0.3 is 0 Å². The summed E-state index contributed by atoms with van der Waals surface area (Å²) in [4.78, 5) is 6.54. The van der Waals surface area contributed by atoms with Gasteiger partial charge >= 0.3 is 0 Å². The van der Waals surface area contributed by atoms with Gasteiger partial charge in [0.15, 0.2) is 9.84 Å². The van der Waals surface area contributed by atoms with Crippen molar-refractivity contribution in [1.29, 1.82) is 0 Å². The van der Waals surface area contributed by atoms with Crippen LogP contribution in [0.25, 0.3) is 5.69 Å². The van der Waals surface area contributed by atoms with Gasteiger partial charge in [0.25, 0.3) is 0 Å². The zero-order valence-corrected chi connectivity index (χ0v) is 15.2. The highest BCUT2D eigenvalue weighted by molar-refractivity contribution is 7.91. The Bertz CT molecular complexity index is 995. The van der Waals surface area contributed by atoms with Crippen LogP contribution in [0.2, 0.25) is 0 Å². The summed E-state index contributed by atoms with van der Waals surface area (Å²) in [5.41, 5.74) is 1.84. The largest absolute Gasteiger partial charge is 0.287 e. The van der Waals surface area contributed by atoms with Crippen molar-refractivity contribution in [2.24, 2.45) is 7.05 Å². The third-order valence-electron chi connectivity index (χ3n) is 4.62. The summed E-state index contributed by atoms with van der Waals surface area (Å²) in [6, 6.07) is 9.56. The molecular formula is C17H20N6O2S. The highest BCUT2D eigenvalue weighted by Crippen LogP contribution is 2.28. The van der Waals surface area contributed by atoms with Gasteiger partial charge in [-0.05, 0) is 12.1 Å². The van der Waals surface area contributed by atoms with Gasteiger partial charge in [0, 0.05) is 25.4 Å². The molecule has 8 nitrogen and oxygen atoms in total. The Labute approximate surface area is 152 Å². The van der Waals surface area contributed by atoms with E-state index in [0.29, 0.717) is 13.1 Å². The average molecular weight is 372 g/mol. The van der Waals surface area contributed by atoms with E-state index < -0.39 is 9.84 Å². The molecule has 0 bridgehead atoms. The van der Waals surface area contributed by atoms with E-state index >= 15 is 0 Å². The maximum absolute atomic E-state index is 12.2. The summed E-state index contributed by atoms with van der Waals surface area (Å²) >= 11 is 0. The van der Waals surface area contributed by atoms with Crippen molar-refractivity contribution >= 4 is 9.84 Å². The van der Waals surface area contributed by atoms with Gasteiger partial charge in [0.05, 0.1) is 36.0 Å². The second-order valence-corrected chi connectivity index (χ2v) is 8.70. The maximum Gasteiger partial charge on any atom is 0.153 e. The van der Waals surface area contributed by atoms with Gasteiger partial charge in [-0.2, -0.15) is 10.2 Å². The summed E-state index contributed by atoms with van der Waals surface area (Å²) in [7, 11) is -1.24. The normalized spacial score (nSPS) is 20.3. The monoisotopic (exact) mass is 372 g/mol. The Balaban J connectivity index is 1.64. The minimum Gasteiger partial charge on any atom is -0.287 e. The molecule has 0 amide bonds. The molecule has 1 saturated heterocycles. The van der Waals surface area contributed by atoms with Gasteiger partial charge in [0.1, 0.15) is 12.2 Å². The first-order valence-corrected chi connectivity index (χ1v) is 10.2. The van der Waals surface area contributed by atoms with Gasteiger partial charge in [-0.15, -0.1) is 0 Å². The third kappa shape index (κ3) is 3.40. The lowest BCUT2D eigenvalue weighted by atomic mass is 10.1. The van der Waals surface area contributed by atoms with Gasteiger partial charge in [-0.25, -0.2) is 18.1 Å². The molecule has 26 heavy (non-hydrogen) atoms. The maximum atomic E-state index is 12.2. The minimum atomic E-state index is -3.07. The fourth-order valence-electron chi connectivity index (χ4n) is 3.29. The third-order valence-corrected chi connectivity index (χ3v) is 6.24. The lowest BCUT2D eigenvalue weighted by molar-refractivity contribution is 0.199. The molecule has 9 heteroatoms. The quantitative estimate of drug-likeness (QED) is 0.678. The molecule has 3 heterocycles. The first-order valence-electron chi connectivity index (χ1n) is 8.39. The van der Waals surface area contributed by atoms with E-state index in [-0.39, 0.29) is 17.5 Å². The number of aryl methyl sites for hydroxylation is 1. The molecule has 136 valence electrons. The number of sulfone groups is 1. The molecule has 0 spiro atoms. The van der Waals surface area contributed by atoms with Crippen molar-refractivity contribution in [2.75, 3.05) is 18.1 Å². The summed E-state index contributed by atoms with van der Waals surface area (Å²) < 4.78 is 27.9. The Morgan fingerprint density at radius 1 is 1.19 bits per heavy atom. The number of aromatic nitrogens is 5. The van der Waals surface area contributed by atoms with Crippen LogP contribution in [0.4, 0.5) is 0 Å². The van der Waals surface area contributed by atoms with Crippen LogP contribution in [0, 0.1) is 0 Å². The Hall–Kier alpha value is -2.52. The van der Waals surface area contributed by atoms with Gasteiger partial charge in [-0.1, -0.05) is 18.2 Å². The lowest BCUT2D eigenvalue weighted by Crippen LogP contribution is -2.42. The van der Waals surface area contributed by atoms with E-state index in [1.54, 1.807) is 15.6 Å². The van der Waals surface area contributed by atoms with Crippen LogP contribution in [0.1, 0.15) is 17.4 Å². The van der Waals surface area contributed by atoms with E-state index in [0.717, 1.165) is 17.1 Å². The van der Waals surface area contributed by atoms with E-state index in [1.807, 2.05) is 43.6 Å². The number of nitrogens with zero attached hydrogens (tertiary/aromatic N) is 6. The Morgan fingerprint density at radius 2 is 2.00 bits per heavy atom. The SMILES string of the molecule is Cn1cc(C2CS(=O)(=O)CCN2Cc2ncnn2-c2ccccc2)cn1. The Morgan fingerprint density at radius 3 is 2.73 bits per heavy atom. The van der Waals surface area contributed by atoms with Crippen molar-refractivity contribution in [3.05, 3.63) is 60.4 Å². The zero-order valence-electron chi connectivity index (χ0n) is 14.4. The second-order valence-electron chi connectivity index (χ2n) is 6.47. The fraction of sp³-hybridized carbons (Fsp3) is 0.353. The van der Waals surface area contributed by atoms with E-state index in [1.165, 1.54) is 6.33 Å². The number of para-hydroxylation sites is 1. The second kappa shape index (κ2) is 6.65. The van der Waals surface area contributed by atoms with Crippen LogP contribution in [0.15, 0.2) is 49.1 Å². The molecule has 0 aliphatic carbocycles. The predicted molar refractivity (Wildman–Crippen MR) is 96.4 cm³/mol. The molecule has 2 aromatic heterocycles. The molecule has 1 atom stereocenters. The molecule has 4 rings (SSSR count). The van der Waals surface area contributed by atoms with Crippen molar-refractivity contribution in [1.82, 2.24) is 29.4 Å². The smallest absolute Gasteiger partial charge is 0.153 e. The first kappa shape index (κ1) is 16.9. The van der Waals surface area contributed by atoms with E-state index in [4.69, 9.17) is 0 Å². The lowest BCUT2D eigenvalue weighted by Gasteiger charge is -2.34. The molecule has 1 aromatic carbocycles. The standard InChI is InChI=1S/C17H20N6O2S/c1-21-10-14(9-19-21)16-12-26(24,25)8-7-22(16)11-17-18-13-20-23(17)15-5-3-2-4-6-15/h2-6,9-10,13,16H,7-8,11-12H2,1H3. The van der Waals surface area contributed by atoms with Gasteiger partial charge in [0.2, 0.25) is 0 Å². The molecule has 1 fully saturated rings. The fourth-order valence-corrected chi connectivity index (χ4v) is 4.85. The minimum absolute atomic E-state index is 0.0954. The summed E-state index contributed by atoms with van der Waals surface area (Å²) in [6.45, 7) is 0.980. The topological polar surface area (TPSA) is 85.9 Å². The Kier molecular flexibility index (Phi) is 4.33. The number of hydrogen-bond donors (Lipinski definition) is 0. The van der Waals surface area contributed by atoms with Crippen LogP contribution in [-0.2, 0) is 23.4 Å². The van der Waals surface area contributed by atoms with Crippen molar-refractivity contribution in [2.45, 2.75) is 12.6 Å². The molecule has 0 saturated carbocycles.